The molecular weight excluding hydrogens is 394 g/mol. The van der Waals surface area contributed by atoms with Crippen LogP contribution in [0.4, 0.5) is 5.00 Å². The Morgan fingerprint density at radius 2 is 2.18 bits per heavy atom. The van der Waals surface area contributed by atoms with E-state index >= 15 is 0 Å². The Kier molecular flexibility index (Phi) is 4.08. The second-order valence-electron chi connectivity index (χ2n) is 6.68. The molecule has 8 heteroatoms. The van der Waals surface area contributed by atoms with E-state index in [2.05, 4.69) is 15.3 Å². The molecule has 0 aromatic carbocycles. The van der Waals surface area contributed by atoms with Crippen LogP contribution >= 0.6 is 22.7 Å². The zero-order valence-corrected chi connectivity index (χ0v) is 16.9. The maximum atomic E-state index is 12.9. The summed E-state index contributed by atoms with van der Waals surface area (Å²) in [5.41, 5.74) is 0.961. The summed E-state index contributed by atoms with van der Waals surface area (Å²) in [6, 6.07) is 5.85. The predicted octanol–water partition coefficient (Wildman–Crippen LogP) is 4.48. The number of thiazole rings is 1. The number of methoxy groups -OCH3 is 2. The molecule has 0 radical (unpaired) electrons. The van der Waals surface area contributed by atoms with E-state index in [4.69, 9.17) is 9.47 Å². The number of carbonyl (C=O) groups is 1. The number of nitrogens with zero attached hydrogens (tertiary/aromatic N) is 2. The molecule has 3 heterocycles. The third-order valence-corrected chi connectivity index (χ3v) is 7.42. The molecule has 2 atom stereocenters. The van der Waals surface area contributed by atoms with E-state index in [0.29, 0.717) is 5.57 Å². The monoisotopic (exact) mass is 413 g/mol. The Labute approximate surface area is 171 Å². The number of anilines is 1. The fraction of sp³-hybridized carbons (Fsp3) is 0.250. The van der Waals surface area contributed by atoms with Crippen molar-refractivity contribution in [3.05, 3.63) is 54.1 Å². The van der Waals surface area contributed by atoms with Crippen LogP contribution in [0.5, 0.6) is 0 Å². The Morgan fingerprint density at radius 1 is 1.29 bits per heavy atom. The summed E-state index contributed by atoms with van der Waals surface area (Å²) >= 11 is 3.12. The molecule has 144 valence electrons. The molecule has 1 fully saturated rings. The van der Waals surface area contributed by atoms with Gasteiger partial charge in [-0.25, -0.2) is 4.98 Å². The third kappa shape index (κ3) is 2.68. The third-order valence-electron chi connectivity index (χ3n) is 5.21. The normalized spacial score (nSPS) is 23.0. The molecule has 3 aromatic heterocycles. The van der Waals surface area contributed by atoms with Gasteiger partial charge in [-0.15, -0.1) is 22.7 Å². The van der Waals surface area contributed by atoms with Crippen molar-refractivity contribution in [2.45, 2.75) is 12.0 Å². The maximum Gasteiger partial charge on any atom is 0.255 e. The van der Waals surface area contributed by atoms with Gasteiger partial charge in [0.05, 0.1) is 33.8 Å². The van der Waals surface area contributed by atoms with Crippen molar-refractivity contribution in [1.82, 2.24) is 9.97 Å². The van der Waals surface area contributed by atoms with Crippen LogP contribution in [0.1, 0.15) is 7.85 Å². The molecule has 1 N–H and O–H groups in total. The molecular formula is C20H19N3O3S2. The number of hydrogen-bond acceptors (Lipinski definition) is 7. The molecule has 6 nitrogen and oxygen atoms in total. The van der Waals surface area contributed by atoms with Crippen LogP contribution in [0.25, 0.3) is 20.1 Å². The number of aromatic nitrogens is 2. The number of thiophene rings is 1. The number of nitrogens with one attached hydrogen (secondary N) is 1. The molecule has 1 saturated carbocycles. The number of hydrogen-bond donors (Lipinski definition) is 1. The van der Waals surface area contributed by atoms with Crippen molar-refractivity contribution in [1.29, 1.82) is 0 Å². The van der Waals surface area contributed by atoms with Crippen LogP contribution in [0.15, 0.2) is 54.1 Å². The Hall–Kier alpha value is -2.55. The van der Waals surface area contributed by atoms with Crippen LogP contribution < -0.4 is 5.32 Å². The van der Waals surface area contributed by atoms with Crippen LogP contribution in [-0.4, -0.2) is 35.7 Å². The zero-order chi connectivity index (χ0) is 19.3. The smallest absolute Gasteiger partial charge is 0.255 e. The Morgan fingerprint density at radius 3 is 2.96 bits per heavy atom. The lowest BCUT2D eigenvalue weighted by molar-refractivity contribution is -0.114. The van der Waals surface area contributed by atoms with Gasteiger partial charge in [-0.3, -0.25) is 9.78 Å². The van der Waals surface area contributed by atoms with Crippen molar-refractivity contribution in [2.24, 2.45) is 5.92 Å². The highest BCUT2D eigenvalue weighted by Gasteiger charge is 2.63. The largest absolute Gasteiger partial charge is 0.501 e. The summed E-state index contributed by atoms with van der Waals surface area (Å²) in [6.07, 6.45) is 7.95. The van der Waals surface area contributed by atoms with Crippen molar-refractivity contribution in [3.8, 4) is 9.88 Å². The lowest BCUT2D eigenvalue weighted by atomic mass is 9.99. The van der Waals surface area contributed by atoms with E-state index < -0.39 is 5.60 Å². The van der Waals surface area contributed by atoms with Gasteiger partial charge in [0.2, 0.25) is 0 Å². The fourth-order valence-electron chi connectivity index (χ4n) is 3.69. The van der Waals surface area contributed by atoms with Gasteiger partial charge in [0.25, 0.3) is 5.91 Å². The lowest BCUT2D eigenvalue weighted by Gasteiger charge is -2.22. The number of rotatable bonds is 5. The summed E-state index contributed by atoms with van der Waals surface area (Å²) in [6.45, 7) is 0. The number of ether oxygens (including phenoxy) is 2. The first-order chi connectivity index (χ1) is 13.6. The van der Waals surface area contributed by atoms with Crippen molar-refractivity contribution >= 4 is 43.8 Å². The molecule has 0 spiro atoms. The number of pyridine rings is 1. The molecule has 28 heavy (non-hydrogen) atoms. The van der Waals surface area contributed by atoms with Crippen molar-refractivity contribution in [3.63, 3.8) is 0 Å². The van der Waals surface area contributed by atoms with Crippen molar-refractivity contribution < 1.29 is 15.7 Å². The van der Waals surface area contributed by atoms with Gasteiger partial charge in [0.1, 0.15) is 21.9 Å². The van der Waals surface area contributed by atoms with Gasteiger partial charge >= 0.3 is 0 Å². The molecule has 3 aromatic rings. The first-order valence-electron chi connectivity index (χ1n) is 8.78. The van der Waals surface area contributed by atoms with Crippen molar-refractivity contribution in [2.75, 3.05) is 19.5 Å². The average Bonchev–Trinajstić information content (AvgIpc) is 3.07. The highest BCUT2D eigenvalue weighted by Crippen LogP contribution is 2.57. The Balaban J connectivity index is 0.00000205. The average molecular weight is 414 g/mol. The lowest BCUT2D eigenvalue weighted by Crippen LogP contribution is -2.30. The molecule has 2 aliphatic carbocycles. The van der Waals surface area contributed by atoms with Crippen LogP contribution in [0.3, 0.4) is 0 Å². The van der Waals surface area contributed by atoms with E-state index in [1.165, 1.54) is 11.3 Å². The van der Waals surface area contributed by atoms with Gasteiger partial charge in [-0.1, -0.05) is 0 Å². The first-order valence-corrected chi connectivity index (χ1v) is 10.4. The first kappa shape index (κ1) is 17.5. The maximum absolute atomic E-state index is 12.9. The highest BCUT2D eigenvalue weighted by molar-refractivity contribution is 7.26. The van der Waals surface area contributed by atoms with Gasteiger partial charge in [0, 0.05) is 20.3 Å². The fourth-order valence-corrected chi connectivity index (χ4v) is 5.58. The molecule has 2 unspecified atom stereocenters. The van der Waals surface area contributed by atoms with E-state index in [0.717, 1.165) is 37.3 Å². The second-order valence-corrected chi connectivity index (χ2v) is 8.80. The summed E-state index contributed by atoms with van der Waals surface area (Å²) < 4.78 is 12.2. The van der Waals surface area contributed by atoms with Gasteiger partial charge in [-0.2, -0.15) is 0 Å². The van der Waals surface area contributed by atoms with Gasteiger partial charge in [0.15, 0.2) is 0 Å². The summed E-state index contributed by atoms with van der Waals surface area (Å²) in [4.78, 5) is 22.7. The van der Waals surface area contributed by atoms with Crippen LogP contribution in [0, 0.1) is 5.92 Å². The molecule has 2 aliphatic rings. The summed E-state index contributed by atoms with van der Waals surface area (Å²) in [5.74, 6) is 0.836. The van der Waals surface area contributed by atoms with Crippen LogP contribution in [0.2, 0.25) is 0 Å². The minimum atomic E-state index is -0.565. The Bertz CT molecular complexity index is 1120. The van der Waals surface area contributed by atoms with Gasteiger partial charge in [-0.05, 0) is 36.8 Å². The second kappa shape index (κ2) is 6.51. The quantitative estimate of drug-likeness (QED) is 0.668. The topological polar surface area (TPSA) is 73.3 Å². The minimum absolute atomic E-state index is 0. The standard InChI is InChI=1S/C20H17N3O3S2.H2/c1-25-14-4-3-11(20(26-2)9-12(14)20)18(24)23-17-6-5-16(27-17)19-22-13-10-21-8-7-15(13)28-19;/h3-8,10,12H,9H2,1-2H3,(H,23,24);1H. The number of carbonyl (C=O) groups excluding carboxylic acids is 1. The van der Waals surface area contributed by atoms with Crippen LogP contribution in [-0.2, 0) is 14.3 Å². The molecule has 0 bridgehead atoms. The molecule has 0 saturated heterocycles. The highest BCUT2D eigenvalue weighted by atomic mass is 32.1. The molecule has 0 aliphatic heterocycles. The van der Waals surface area contributed by atoms with E-state index in [1.54, 1.807) is 44.0 Å². The van der Waals surface area contributed by atoms with Gasteiger partial charge < -0.3 is 14.8 Å². The predicted molar refractivity (Wildman–Crippen MR) is 112 cm³/mol. The van der Waals surface area contributed by atoms with E-state index in [9.17, 15) is 4.79 Å². The zero-order valence-electron chi connectivity index (χ0n) is 15.3. The summed E-state index contributed by atoms with van der Waals surface area (Å²) in [5, 5.41) is 4.72. The number of amides is 1. The molecule has 1 amide bonds. The number of fused-ring (bicyclic) bond motifs is 2. The minimum Gasteiger partial charge on any atom is -0.501 e. The van der Waals surface area contributed by atoms with E-state index in [1.807, 2.05) is 24.3 Å². The SMILES string of the molecule is COC1=CC=C(C(=O)Nc2ccc(-c3nc4cnccc4s3)s2)C2(OC)CC12.[HH]. The summed E-state index contributed by atoms with van der Waals surface area (Å²) in [7, 11) is 3.29. The molecule has 5 rings (SSSR count). The number of allylic oxidation sites excluding steroid dienone is 2. The van der Waals surface area contributed by atoms with E-state index in [-0.39, 0.29) is 13.3 Å².